The van der Waals surface area contributed by atoms with E-state index in [1.807, 2.05) is 6.92 Å². The smallest absolute Gasteiger partial charge is 0.354 e. The lowest BCUT2D eigenvalue weighted by Crippen LogP contribution is -2.20. The van der Waals surface area contributed by atoms with Crippen molar-refractivity contribution in [3.8, 4) is 0 Å². The van der Waals surface area contributed by atoms with Crippen LogP contribution in [0, 0.1) is 6.92 Å². The Morgan fingerprint density at radius 1 is 1.62 bits per heavy atom. The van der Waals surface area contributed by atoms with E-state index < -0.39 is 5.97 Å². The monoisotopic (exact) mass is 225 g/mol. The molecular weight excluding hydrogens is 210 g/mol. The van der Waals surface area contributed by atoms with Gasteiger partial charge in [-0.1, -0.05) is 0 Å². The van der Waals surface area contributed by atoms with Crippen LogP contribution in [0.5, 0.6) is 0 Å². The van der Waals surface area contributed by atoms with Gasteiger partial charge in [-0.2, -0.15) is 0 Å². The Morgan fingerprint density at radius 2 is 2.31 bits per heavy atom. The summed E-state index contributed by atoms with van der Waals surface area (Å²) in [5.41, 5.74) is 0.597. The molecule has 0 spiro atoms. The van der Waals surface area contributed by atoms with E-state index in [1.54, 1.807) is 14.0 Å². The van der Waals surface area contributed by atoms with Crippen LogP contribution in [-0.4, -0.2) is 40.8 Å². The Bertz CT molecular complexity index is 382. The van der Waals surface area contributed by atoms with Crippen molar-refractivity contribution in [2.75, 3.05) is 19.0 Å². The highest BCUT2D eigenvalue weighted by atomic mass is 16.5. The van der Waals surface area contributed by atoms with Crippen LogP contribution in [0.2, 0.25) is 0 Å². The number of nitrogens with one attached hydrogen (secondary N) is 1. The van der Waals surface area contributed by atoms with Gasteiger partial charge >= 0.3 is 5.97 Å². The molecule has 2 N–H and O–H groups in total. The summed E-state index contributed by atoms with van der Waals surface area (Å²) < 4.78 is 5.05. The number of aryl methyl sites for hydroxylation is 1. The number of carboxylic acids is 1. The second-order valence-electron chi connectivity index (χ2n) is 3.45. The lowest BCUT2D eigenvalue weighted by molar-refractivity contribution is 0.0690. The number of hydrogen-bond donors (Lipinski definition) is 2. The summed E-state index contributed by atoms with van der Waals surface area (Å²) >= 11 is 0. The highest BCUT2D eigenvalue weighted by molar-refractivity contribution is 5.85. The van der Waals surface area contributed by atoms with Crippen LogP contribution in [0.4, 0.5) is 5.95 Å². The minimum atomic E-state index is -1.06. The molecule has 0 amide bonds. The van der Waals surface area contributed by atoms with Gasteiger partial charge in [0, 0.05) is 19.3 Å². The molecule has 6 heteroatoms. The quantitative estimate of drug-likeness (QED) is 0.775. The Kier molecular flexibility index (Phi) is 4.19. The minimum absolute atomic E-state index is 0.0115. The first-order valence-corrected chi connectivity index (χ1v) is 4.88. The number of aromatic carboxylic acids is 1. The molecule has 0 saturated heterocycles. The second kappa shape index (κ2) is 5.41. The molecule has 0 radical (unpaired) electrons. The summed E-state index contributed by atoms with van der Waals surface area (Å²) in [5.74, 6) is -0.755. The first kappa shape index (κ1) is 12.4. The summed E-state index contributed by atoms with van der Waals surface area (Å²) in [6.45, 7) is 4.14. The molecule has 1 unspecified atom stereocenters. The maximum Gasteiger partial charge on any atom is 0.354 e. The minimum Gasteiger partial charge on any atom is -0.477 e. The van der Waals surface area contributed by atoms with Crippen LogP contribution in [0.1, 0.15) is 23.1 Å². The van der Waals surface area contributed by atoms with E-state index in [1.165, 1.54) is 6.07 Å². The van der Waals surface area contributed by atoms with Gasteiger partial charge in [-0.25, -0.2) is 14.8 Å². The van der Waals surface area contributed by atoms with Crippen LogP contribution in [0.25, 0.3) is 0 Å². The average Bonchev–Trinajstić information content (AvgIpc) is 2.25. The summed E-state index contributed by atoms with van der Waals surface area (Å²) in [5, 5.41) is 11.7. The van der Waals surface area contributed by atoms with Crippen LogP contribution >= 0.6 is 0 Å². The van der Waals surface area contributed by atoms with E-state index in [4.69, 9.17) is 9.84 Å². The standard InChI is InChI=1S/C10H15N3O3/c1-6-4-8(9(14)15)13-10(12-6)11-5-7(2)16-3/h4,7H,5H2,1-3H3,(H,14,15)(H,11,12,13). The van der Waals surface area contributed by atoms with Crippen molar-refractivity contribution in [3.05, 3.63) is 17.5 Å². The zero-order chi connectivity index (χ0) is 12.1. The van der Waals surface area contributed by atoms with Crippen LogP contribution < -0.4 is 5.32 Å². The number of hydrogen-bond acceptors (Lipinski definition) is 5. The predicted molar refractivity (Wildman–Crippen MR) is 58.7 cm³/mol. The summed E-state index contributed by atoms with van der Waals surface area (Å²) in [6, 6.07) is 1.42. The summed E-state index contributed by atoms with van der Waals surface area (Å²) in [4.78, 5) is 18.7. The first-order valence-electron chi connectivity index (χ1n) is 4.88. The number of anilines is 1. The van der Waals surface area contributed by atoms with E-state index in [0.717, 1.165) is 0 Å². The molecule has 0 fully saturated rings. The molecule has 0 aliphatic heterocycles. The van der Waals surface area contributed by atoms with Gasteiger partial charge in [0.1, 0.15) is 0 Å². The Hall–Kier alpha value is -1.69. The number of nitrogens with zero attached hydrogens (tertiary/aromatic N) is 2. The molecule has 6 nitrogen and oxygen atoms in total. The molecule has 1 rings (SSSR count). The molecule has 1 heterocycles. The molecule has 1 atom stereocenters. The number of aromatic nitrogens is 2. The third kappa shape index (κ3) is 3.47. The lowest BCUT2D eigenvalue weighted by atomic mass is 10.3. The lowest BCUT2D eigenvalue weighted by Gasteiger charge is -2.11. The van der Waals surface area contributed by atoms with E-state index >= 15 is 0 Å². The van der Waals surface area contributed by atoms with Gasteiger partial charge in [0.15, 0.2) is 5.69 Å². The number of methoxy groups -OCH3 is 1. The Labute approximate surface area is 93.7 Å². The van der Waals surface area contributed by atoms with Crippen LogP contribution in [0.3, 0.4) is 0 Å². The summed E-state index contributed by atoms with van der Waals surface area (Å²) in [7, 11) is 1.60. The summed E-state index contributed by atoms with van der Waals surface area (Å²) in [6.07, 6.45) is 0.0115. The van der Waals surface area contributed by atoms with E-state index in [2.05, 4.69) is 15.3 Å². The molecule has 0 aromatic carbocycles. The maximum absolute atomic E-state index is 10.8. The van der Waals surface area contributed by atoms with Crippen molar-refractivity contribution in [1.82, 2.24) is 9.97 Å². The van der Waals surface area contributed by atoms with E-state index in [0.29, 0.717) is 18.2 Å². The molecule has 0 aliphatic carbocycles. The third-order valence-corrected chi connectivity index (χ3v) is 2.02. The van der Waals surface area contributed by atoms with Crippen molar-refractivity contribution < 1.29 is 14.6 Å². The predicted octanol–water partition coefficient (Wildman–Crippen LogP) is 0.930. The number of carbonyl (C=O) groups is 1. The fraction of sp³-hybridized carbons (Fsp3) is 0.500. The molecule has 0 bridgehead atoms. The van der Waals surface area contributed by atoms with E-state index in [9.17, 15) is 4.79 Å². The van der Waals surface area contributed by atoms with Gasteiger partial charge in [-0.05, 0) is 19.9 Å². The topological polar surface area (TPSA) is 84.3 Å². The van der Waals surface area contributed by atoms with Crippen molar-refractivity contribution in [2.45, 2.75) is 20.0 Å². The normalized spacial score (nSPS) is 12.2. The van der Waals surface area contributed by atoms with Crippen LogP contribution in [-0.2, 0) is 4.74 Å². The highest BCUT2D eigenvalue weighted by Gasteiger charge is 2.09. The largest absolute Gasteiger partial charge is 0.477 e. The molecular formula is C10H15N3O3. The molecule has 16 heavy (non-hydrogen) atoms. The zero-order valence-electron chi connectivity index (χ0n) is 9.52. The van der Waals surface area contributed by atoms with Gasteiger partial charge in [-0.15, -0.1) is 0 Å². The van der Waals surface area contributed by atoms with Gasteiger partial charge in [-0.3, -0.25) is 0 Å². The van der Waals surface area contributed by atoms with Gasteiger partial charge < -0.3 is 15.2 Å². The molecule has 1 aromatic heterocycles. The fourth-order valence-electron chi connectivity index (χ4n) is 1.08. The van der Waals surface area contributed by atoms with Crippen LogP contribution in [0.15, 0.2) is 6.07 Å². The Balaban J connectivity index is 2.76. The molecule has 0 aliphatic rings. The number of rotatable bonds is 5. The third-order valence-electron chi connectivity index (χ3n) is 2.02. The van der Waals surface area contributed by atoms with E-state index in [-0.39, 0.29) is 11.8 Å². The number of ether oxygens (including phenoxy) is 1. The van der Waals surface area contributed by atoms with Gasteiger partial charge in [0.05, 0.1) is 6.10 Å². The van der Waals surface area contributed by atoms with Crippen molar-refractivity contribution in [3.63, 3.8) is 0 Å². The van der Waals surface area contributed by atoms with Gasteiger partial charge in [0.25, 0.3) is 0 Å². The highest BCUT2D eigenvalue weighted by Crippen LogP contribution is 2.05. The maximum atomic E-state index is 10.8. The van der Waals surface area contributed by atoms with Crippen molar-refractivity contribution in [2.24, 2.45) is 0 Å². The molecule has 88 valence electrons. The number of carboxylic acid groups (broad SMARTS) is 1. The zero-order valence-corrected chi connectivity index (χ0v) is 9.52. The fourth-order valence-corrected chi connectivity index (χ4v) is 1.08. The molecule has 1 aromatic rings. The van der Waals surface area contributed by atoms with Crippen molar-refractivity contribution in [1.29, 1.82) is 0 Å². The second-order valence-corrected chi connectivity index (χ2v) is 3.45. The van der Waals surface area contributed by atoms with Crippen molar-refractivity contribution >= 4 is 11.9 Å². The average molecular weight is 225 g/mol. The Morgan fingerprint density at radius 3 is 2.88 bits per heavy atom. The van der Waals surface area contributed by atoms with Gasteiger partial charge in [0.2, 0.25) is 5.95 Å². The SMILES string of the molecule is COC(C)CNc1nc(C)cc(C(=O)O)n1. The first-order chi connectivity index (χ1) is 7.52. The molecule has 0 saturated carbocycles.